The number of fused-ring (bicyclic) bond motifs is 2. The Kier molecular flexibility index (Phi) is 5.71. The zero-order valence-corrected chi connectivity index (χ0v) is 15.9. The van der Waals surface area contributed by atoms with Gasteiger partial charge >= 0.3 is 12.1 Å². The number of nitrogens with zero attached hydrogens (tertiary/aromatic N) is 2. The van der Waals surface area contributed by atoms with Crippen molar-refractivity contribution in [1.82, 2.24) is 4.90 Å². The number of nitrogens with one attached hydrogen (secondary N) is 1. The second-order valence-electron chi connectivity index (χ2n) is 6.99. The van der Waals surface area contributed by atoms with Gasteiger partial charge in [0, 0.05) is 36.6 Å². The highest BCUT2D eigenvalue weighted by Gasteiger charge is 2.52. The van der Waals surface area contributed by atoms with Gasteiger partial charge in [0.25, 0.3) is 0 Å². The van der Waals surface area contributed by atoms with Crippen molar-refractivity contribution in [2.45, 2.75) is 31.3 Å². The van der Waals surface area contributed by atoms with Gasteiger partial charge in [0.2, 0.25) is 5.76 Å². The molecule has 150 valence electrons. The van der Waals surface area contributed by atoms with Crippen LogP contribution < -0.4 is 0 Å². The molecule has 8 nitrogen and oxygen atoms in total. The molecule has 0 aromatic carbocycles. The number of piperidine rings is 1. The van der Waals surface area contributed by atoms with Gasteiger partial charge in [-0.05, 0) is 36.6 Å². The van der Waals surface area contributed by atoms with Crippen LogP contribution in [-0.4, -0.2) is 47.5 Å². The Morgan fingerprint density at radius 2 is 2.17 bits per heavy atom. The lowest BCUT2D eigenvalue weighted by molar-refractivity contribution is 0.0561. The highest BCUT2D eigenvalue weighted by molar-refractivity contribution is 5.86. The predicted molar refractivity (Wildman–Crippen MR) is 103 cm³/mol. The number of methoxy groups -OCH3 is 1. The van der Waals surface area contributed by atoms with E-state index in [0.717, 1.165) is 6.21 Å². The fourth-order valence-electron chi connectivity index (χ4n) is 4.61. The van der Waals surface area contributed by atoms with E-state index in [1.807, 2.05) is 0 Å². The largest absolute Gasteiger partial charge is 0.465 e. The number of carbonyl (C=O) groups is 2. The first kappa shape index (κ1) is 20.2. The van der Waals surface area contributed by atoms with E-state index in [4.69, 9.17) is 9.83 Å². The molecule has 0 aliphatic carbocycles. The van der Waals surface area contributed by atoms with Crippen LogP contribution in [0, 0.1) is 28.6 Å². The highest BCUT2D eigenvalue weighted by atomic mass is 16.5. The van der Waals surface area contributed by atoms with Gasteiger partial charge in [-0.3, -0.25) is 0 Å². The Morgan fingerprint density at radius 1 is 1.45 bits per heavy atom. The number of carboxylic acid groups (broad SMARTS) is 1. The third-order valence-corrected chi connectivity index (χ3v) is 5.67. The first-order valence-corrected chi connectivity index (χ1v) is 9.15. The first-order chi connectivity index (χ1) is 14.0. The summed E-state index contributed by atoms with van der Waals surface area (Å²) < 4.78 is 10.2. The van der Waals surface area contributed by atoms with Crippen LogP contribution in [0.5, 0.6) is 0 Å². The standard InChI is InChI=1S/C21H21N3O5/c1-3-4-14-16-6-7-17(24(16)21(26)27)15(19(14)12(10-22)11-23)9-13-5-8-18(29-13)20(25)28-2/h4-5,8,10,14-17,22H,1,6-7,9H2,2H3,(H,26,27)/b19-12-,22-10?. The number of hydrogen-bond acceptors (Lipinski definition) is 6. The lowest BCUT2D eigenvalue weighted by Crippen LogP contribution is -2.53. The van der Waals surface area contributed by atoms with Crippen LogP contribution in [0.3, 0.4) is 0 Å². The Bertz CT molecular complexity index is 963. The molecular weight excluding hydrogens is 374 g/mol. The molecule has 1 aromatic rings. The number of allylic oxidation sites excluding steroid dienone is 1. The minimum Gasteiger partial charge on any atom is -0.465 e. The molecule has 4 atom stereocenters. The van der Waals surface area contributed by atoms with Crippen molar-refractivity contribution < 1.29 is 23.8 Å². The van der Waals surface area contributed by atoms with Gasteiger partial charge in [-0.25, -0.2) is 9.59 Å². The Hall–Kier alpha value is -3.56. The normalized spacial score (nSPS) is 26.8. The van der Waals surface area contributed by atoms with Gasteiger partial charge in [0.1, 0.15) is 11.8 Å². The van der Waals surface area contributed by atoms with Gasteiger partial charge in [0.15, 0.2) is 0 Å². The highest BCUT2D eigenvalue weighted by Crippen LogP contribution is 2.48. The van der Waals surface area contributed by atoms with Gasteiger partial charge < -0.3 is 24.6 Å². The molecule has 0 spiro atoms. The maximum absolute atomic E-state index is 12.0. The average Bonchev–Trinajstić information content (AvgIpc) is 3.32. The second-order valence-corrected chi connectivity index (χ2v) is 6.99. The fourth-order valence-corrected chi connectivity index (χ4v) is 4.61. The van der Waals surface area contributed by atoms with Crippen LogP contribution in [0.2, 0.25) is 0 Å². The lowest BCUT2D eigenvalue weighted by atomic mass is 9.74. The molecule has 29 heavy (non-hydrogen) atoms. The minimum atomic E-state index is -1.02. The van der Waals surface area contributed by atoms with Crippen LogP contribution in [0.15, 0.2) is 46.1 Å². The number of furan rings is 1. The van der Waals surface area contributed by atoms with Crippen molar-refractivity contribution in [2.75, 3.05) is 7.11 Å². The zero-order chi connectivity index (χ0) is 21.1. The quantitative estimate of drug-likeness (QED) is 0.341. The summed E-state index contributed by atoms with van der Waals surface area (Å²) in [4.78, 5) is 25.1. The van der Waals surface area contributed by atoms with Gasteiger partial charge in [-0.1, -0.05) is 6.58 Å². The molecule has 2 aliphatic heterocycles. The summed E-state index contributed by atoms with van der Waals surface area (Å²) in [5, 5.41) is 27.1. The Balaban J connectivity index is 2.10. The predicted octanol–water partition coefficient (Wildman–Crippen LogP) is 3.18. The van der Waals surface area contributed by atoms with Gasteiger partial charge in [-0.15, -0.1) is 5.73 Å². The summed E-state index contributed by atoms with van der Waals surface area (Å²) in [6.45, 7) is 3.61. The van der Waals surface area contributed by atoms with Crippen molar-refractivity contribution in [3.8, 4) is 6.07 Å². The van der Waals surface area contributed by atoms with Crippen LogP contribution in [0.4, 0.5) is 4.79 Å². The van der Waals surface area contributed by atoms with E-state index in [1.54, 1.807) is 12.1 Å². The second kappa shape index (κ2) is 8.21. The number of hydrogen-bond donors (Lipinski definition) is 2. The van der Waals surface area contributed by atoms with Gasteiger partial charge in [0.05, 0.1) is 12.7 Å². The van der Waals surface area contributed by atoms with E-state index >= 15 is 0 Å². The van der Waals surface area contributed by atoms with Gasteiger partial charge in [-0.2, -0.15) is 5.26 Å². The molecule has 2 saturated heterocycles. The Morgan fingerprint density at radius 3 is 2.76 bits per heavy atom. The minimum absolute atomic E-state index is 0.0540. The lowest BCUT2D eigenvalue weighted by Gasteiger charge is -2.44. The van der Waals surface area contributed by atoms with Crippen LogP contribution >= 0.6 is 0 Å². The molecule has 2 bridgehead atoms. The van der Waals surface area contributed by atoms with Crippen molar-refractivity contribution in [3.05, 3.63) is 53.2 Å². The van der Waals surface area contributed by atoms with E-state index in [0.29, 0.717) is 24.2 Å². The topological polar surface area (TPSA) is 128 Å². The van der Waals surface area contributed by atoms with E-state index in [1.165, 1.54) is 18.1 Å². The molecule has 4 unspecified atom stereocenters. The van der Waals surface area contributed by atoms with Crippen molar-refractivity contribution in [1.29, 1.82) is 10.7 Å². The SMILES string of the molecule is C=C=CC1/C(=C(/C#N)C=N)C(Cc2ccc(C(=O)OC)o2)C2CCC1N2C(=O)O. The molecule has 1 aromatic heterocycles. The molecule has 8 heteroatoms. The number of carbonyl (C=O) groups excluding carboxylic acids is 1. The molecular formula is C21H21N3O5. The Labute approximate surface area is 167 Å². The van der Waals surface area contributed by atoms with Crippen LogP contribution in [0.25, 0.3) is 0 Å². The summed E-state index contributed by atoms with van der Waals surface area (Å²) in [5.41, 5.74) is 3.62. The first-order valence-electron chi connectivity index (χ1n) is 9.15. The molecule has 1 amide bonds. The fraction of sp³-hybridized carbons (Fsp3) is 0.381. The van der Waals surface area contributed by atoms with Crippen LogP contribution in [0.1, 0.15) is 29.2 Å². The zero-order valence-electron chi connectivity index (χ0n) is 15.9. The summed E-state index contributed by atoms with van der Waals surface area (Å²) in [6, 6.07) is 4.54. The number of nitriles is 1. The molecule has 2 N–H and O–H groups in total. The smallest absolute Gasteiger partial charge is 0.407 e. The third kappa shape index (κ3) is 3.48. The molecule has 2 fully saturated rings. The van der Waals surface area contributed by atoms with Crippen LogP contribution in [-0.2, 0) is 11.2 Å². The van der Waals surface area contributed by atoms with Crippen molar-refractivity contribution in [3.63, 3.8) is 0 Å². The number of rotatable bonds is 5. The van der Waals surface area contributed by atoms with E-state index in [2.05, 4.69) is 23.1 Å². The number of amides is 1. The molecule has 0 radical (unpaired) electrons. The van der Waals surface area contributed by atoms with E-state index < -0.39 is 18.0 Å². The maximum atomic E-state index is 12.0. The molecule has 3 heterocycles. The summed E-state index contributed by atoms with van der Waals surface area (Å²) in [6.07, 6.45) is 3.22. The molecule has 3 rings (SSSR count). The van der Waals surface area contributed by atoms with Crippen molar-refractivity contribution >= 4 is 18.3 Å². The molecule has 0 saturated carbocycles. The monoisotopic (exact) mass is 395 g/mol. The maximum Gasteiger partial charge on any atom is 0.407 e. The summed E-state index contributed by atoms with van der Waals surface area (Å²) in [5.74, 6) is -0.857. The molecule has 2 aliphatic rings. The average molecular weight is 395 g/mol. The number of esters is 1. The third-order valence-electron chi connectivity index (χ3n) is 5.67. The van der Waals surface area contributed by atoms with E-state index in [-0.39, 0.29) is 35.8 Å². The van der Waals surface area contributed by atoms with Crippen molar-refractivity contribution in [2.24, 2.45) is 11.8 Å². The summed E-state index contributed by atoms with van der Waals surface area (Å²) in [7, 11) is 1.26. The summed E-state index contributed by atoms with van der Waals surface area (Å²) >= 11 is 0. The number of ether oxygens (including phenoxy) is 1. The van der Waals surface area contributed by atoms with E-state index in [9.17, 15) is 20.0 Å².